The highest BCUT2D eigenvalue weighted by molar-refractivity contribution is 6.31. The molecule has 0 atom stereocenters. The van der Waals surface area contributed by atoms with Crippen LogP contribution in [0.25, 0.3) is 11.0 Å². The van der Waals surface area contributed by atoms with Crippen LogP contribution in [0.4, 0.5) is 23.5 Å². The minimum Gasteiger partial charge on any atom is -0.457 e. The van der Waals surface area contributed by atoms with Crippen molar-refractivity contribution in [1.82, 2.24) is 25.5 Å². The first-order valence-electron chi connectivity index (χ1n) is 9.93. The highest BCUT2D eigenvalue weighted by Gasteiger charge is 2.33. The molecule has 2 aromatic carbocycles. The van der Waals surface area contributed by atoms with E-state index in [1.54, 1.807) is 6.07 Å². The van der Waals surface area contributed by atoms with E-state index in [0.29, 0.717) is 23.4 Å². The van der Waals surface area contributed by atoms with Crippen molar-refractivity contribution in [2.45, 2.75) is 6.18 Å². The summed E-state index contributed by atoms with van der Waals surface area (Å²) in [6.45, 7) is 0. The second-order valence-electron chi connectivity index (χ2n) is 7.12. The first-order valence-corrected chi connectivity index (χ1v) is 10.3. The molecule has 4 rings (SSSR count). The van der Waals surface area contributed by atoms with Crippen LogP contribution < -0.4 is 15.4 Å². The van der Waals surface area contributed by atoms with Crippen molar-refractivity contribution in [3.8, 4) is 11.5 Å². The number of carbonyl (C=O) groups is 2. The lowest BCUT2D eigenvalue weighted by atomic mass is 10.1. The Morgan fingerprint density at radius 2 is 1.72 bits per heavy atom. The van der Waals surface area contributed by atoms with Gasteiger partial charge in [0.05, 0.1) is 21.7 Å². The van der Waals surface area contributed by atoms with E-state index in [0.717, 1.165) is 0 Å². The van der Waals surface area contributed by atoms with Gasteiger partial charge in [-0.3, -0.25) is 19.9 Å². The molecule has 2 heterocycles. The van der Waals surface area contributed by atoms with Gasteiger partial charge in [-0.1, -0.05) is 11.6 Å². The summed E-state index contributed by atoms with van der Waals surface area (Å²) < 4.78 is 59.1. The molecular weight excluding hydrogens is 508 g/mol. The van der Waals surface area contributed by atoms with Gasteiger partial charge in [0.25, 0.3) is 11.8 Å². The zero-order valence-corrected chi connectivity index (χ0v) is 18.8. The van der Waals surface area contributed by atoms with E-state index in [4.69, 9.17) is 16.3 Å². The Labute approximate surface area is 204 Å². The molecule has 0 saturated carbocycles. The van der Waals surface area contributed by atoms with Crippen molar-refractivity contribution in [2.24, 2.45) is 0 Å². The first kappa shape index (κ1) is 24.7. The van der Waals surface area contributed by atoms with Crippen molar-refractivity contribution < 1.29 is 31.9 Å². The Morgan fingerprint density at radius 1 is 0.972 bits per heavy atom. The third kappa shape index (κ3) is 5.30. The molecule has 0 radical (unpaired) electrons. The van der Waals surface area contributed by atoms with Crippen LogP contribution in [-0.4, -0.2) is 39.0 Å². The molecule has 0 aliphatic rings. The minimum atomic E-state index is -4.85. The molecule has 0 aliphatic heterocycles. The van der Waals surface area contributed by atoms with Gasteiger partial charge in [0.1, 0.15) is 22.7 Å². The molecule has 2 aromatic heterocycles. The van der Waals surface area contributed by atoms with Gasteiger partial charge in [-0.05, 0) is 30.3 Å². The summed E-state index contributed by atoms with van der Waals surface area (Å²) in [4.78, 5) is 32.2. The van der Waals surface area contributed by atoms with Crippen LogP contribution in [0, 0.1) is 5.82 Å². The molecule has 36 heavy (non-hydrogen) atoms. The summed E-state index contributed by atoms with van der Waals surface area (Å²) >= 11 is 5.53. The topological polar surface area (TPSA) is 119 Å². The number of rotatable bonds is 5. The highest BCUT2D eigenvalue weighted by Crippen LogP contribution is 2.33. The third-order valence-electron chi connectivity index (χ3n) is 4.68. The van der Waals surface area contributed by atoms with E-state index in [-0.39, 0.29) is 17.0 Å². The largest absolute Gasteiger partial charge is 0.457 e. The van der Waals surface area contributed by atoms with E-state index in [1.807, 2.05) is 0 Å². The second-order valence-corrected chi connectivity index (χ2v) is 7.52. The van der Waals surface area contributed by atoms with Crippen molar-refractivity contribution in [3.05, 3.63) is 76.3 Å². The quantitative estimate of drug-likeness (QED) is 0.368. The third-order valence-corrected chi connectivity index (χ3v) is 4.95. The monoisotopic (exact) mass is 520 g/mol. The minimum absolute atomic E-state index is 0.131. The Bertz CT molecular complexity index is 1500. The van der Waals surface area contributed by atoms with Gasteiger partial charge in [0, 0.05) is 25.4 Å². The number of halogens is 5. The second kappa shape index (κ2) is 9.70. The fourth-order valence-corrected chi connectivity index (χ4v) is 3.20. The number of hydrogen-bond acceptors (Lipinski definition) is 7. The number of amides is 2. The zero-order chi connectivity index (χ0) is 26.0. The summed E-state index contributed by atoms with van der Waals surface area (Å²) in [7, 11) is 1.46. The predicted octanol–water partition coefficient (Wildman–Crippen LogP) is 4.64. The number of aromatic nitrogens is 4. The molecular formula is C22H13ClF4N6O3. The van der Waals surface area contributed by atoms with Crippen molar-refractivity contribution in [1.29, 1.82) is 0 Å². The van der Waals surface area contributed by atoms with Gasteiger partial charge in [-0.15, -0.1) is 10.2 Å². The van der Waals surface area contributed by atoms with Crippen LogP contribution in [0.15, 0.2) is 48.7 Å². The number of carbonyl (C=O) groups excluding carboxylic acids is 2. The zero-order valence-electron chi connectivity index (χ0n) is 18.0. The van der Waals surface area contributed by atoms with Crippen molar-refractivity contribution in [3.63, 3.8) is 0 Å². The van der Waals surface area contributed by atoms with Gasteiger partial charge in [0.2, 0.25) is 5.95 Å². The number of hydrogen-bond donors (Lipinski definition) is 2. The summed E-state index contributed by atoms with van der Waals surface area (Å²) in [6, 6.07) is 8.17. The average Bonchev–Trinajstić information content (AvgIpc) is 2.84. The molecule has 2 amide bonds. The number of benzene rings is 2. The van der Waals surface area contributed by atoms with Gasteiger partial charge in [-0.25, -0.2) is 9.37 Å². The average molecular weight is 521 g/mol. The number of nitrogens with zero attached hydrogens (tertiary/aromatic N) is 4. The maximum absolute atomic E-state index is 14.3. The highest BCUT2D eigenvalue weighted by atomic mass is 35.5. The van der Waals surface area contributed by atoms with Crippen LogP contribution in [0.1, 0.15) is 26.4 Å². The number of anilines is 1. The van der Waals surface area contributed by atoms with Crippen LogP contribution in [0.3, 0.4) is 0 Å². The number of ether oxygens (including phenoxy) is 1. The lowest BCUT2D eigenvalue weighted by Gasteiger charge is -2.11. The molecule has 4 aromatic rings. The van der Waals surface area contributed by atoms with Crippen LogP contribution in [-0.2, 0) is 6.18 Å². The molecule has 184 valence electrons. The fourth-order valence-electron chi connectivity index (χ4n) is 2.98. The SMILES string of the molecule is CNC(=O)c1cc(Oc2ccc3nnc(NC(=O)c4cc(C(F)(F)F)cc(Cl)c4F)nc3c2)ccn1. The molecule has 0 fully saturated rings. The molecule has 0 bridgehead atoms. The number of fused-ring (bicyclic) bond motifs is 1. The summed E-state index contributed by atoms with van der Waals surface area (Å²) in [5, 5.41) is 11.2. The lowest BCUT2D eigenvalue weighted by Crippen LogP contribution is -2.18. The van der Waals surface area contributed by atoms with Gasteiger partial charge in [-0.2, -0.15) is 13.2 Å². The number of nitrogens with one attached hydrogen (secondary N) is 2. The summed E-state index contributed by atoms with van der Waals surface area (Å²) in [5.74, 6) is -2.81. The molecule has 2 N–H and O–H groups in total. The van der Waals surface area contributed by atoms with E-state index in [2.05, 4.69) is 30.8 Å². The Kier molecular flexibility index (Phi) is 6.66. The van der Waals surface area contributed by atoms with Crippen molar-refractivity contribution in [2.75, 3.05) is 12.4 Å². The van der Waals surface area contributed by atoms with E-state index in [9.17, 15) is 27.2 Å². The molecule has 0 spiro atoms. The molecule has 9 nitrogen and oxygen atoms in total. The van der Waals surface area contributed by atoms with Crippen LogP contribution in [0.5, 0.6) is 11.5 Å². The smallest absolute Gasteiger partial charge is 0.416 e. The first-order chi connectivity index (χ1) is 17.0. The Morgan fingerprint density at radius 3 is 2.44 bits per heavy atom. The van der Waals surface area contributed by atoms with Crippen molar-refractivity contribution >= 4 is 40.4 Å². The number of alkyl halides is 3. The molecule has 0 aliphatic carbocycles. The molecule has 0 saturated heterocycles. The molecule has 0 unspecified atom stereocenters. The predicted molar refractivity (Wildman–Crippen MR) is 119 cm³/mol. The summed E-state index contributed by atoms with van der Waals surface area (Å²) in [5.41, 5.74) is -1.61. The van der Waals surface area contributed by atoms with E-state index >= 15 is 0 Å². The maximum atomic E-state index is 14.3. The summed E-state index contributed by atoms with van der Waals surface area (Å²) in [6.07, 6.45) is -3.46. The van der Waals surface area contributed by atoms with Crippen LogP contribution >= 0.6 is 11.6 Å². The Balaban J connectivity index is 1.59. The van der Waals surface area contributed by atoms with Gasteiger partial charge in [0.15, 0.2) is 5.82 Å². The van der Waals surface area contributed by atoms with Gasteiger partial charge >= 0.3 is 6.18 Å². The number of pyridine rings is 1. The normalized spacial score (nSPS) is 11.3. The van der Waals surface area contributed by atoms with Crippen LogP contribution in [0.2, 0.25) is 5.02 Å². The maximum Gasteiger partial charge on any atom is 0.416 e. The van der Waals surface area contributed by atoms with E-state index < -0.39 is 45.9 Å². The van der Waals surface area contributed by atoms with E-state index in [1.165, 1.54) is 37.5 Å². The van der Waals surface area contributed by atoms with Gasteiger partial charge < -0.3 is 10.1 Å². The Hall–Kier alpha value is -4.39. The molecule has 14 heteroatoms. The lowest BCUT2D eigenvalue weighted by molar-refractivity contribution is -0.137. The fraction of sp³-hybridized carbons (Fsp3) is 0.0909. The standard InChI is InChI=1S/C22H13ClF4N6O3/c1-28-20(35)17-9-12(4-5-29-17)36-11-2-3-15-16(8-11)30-21(33-32-15)31-19(34)13-6-10(22(25,26)27)7-14(23)18(13)24/h2-9H,1H3,(H,28,35)(H,30,31,33,34).